The van der Waals surface area contributed by atoms with Crippen LogP contribution in [-0.4, -0.2) is 30.2 Å². The van der Waals surface area contributed by atoms with Crippen LogP contribution in [0.15, 0.2) is 0 Å². The molecule has 0 aromatic carbocycles. The number of amides is 1. The Morgan fingerprint density at radius 2 is 2.31 bits per heavy atom. The molecule has 0 aromatic heterocycles. The van der Waals surface area contributed by atoms with E-state index in [0.717, 1.165) is 31.6 Å². The van der Waals surface area contributed by atoms with Gasteiger partial charge in [0.1, 0.15) is 6.29 Å². The first-order valence-electron chi connectivity index (χ1n) is 4.94. The number of aldehydes is 1. The maximum absolute atomic E-state index is 11.6. The van der Waals surface area contributed by atoms with Gasteiger partial charge < -0.3 is 9.69 Å². The molecule has 2 bridgehead atoms. The number of nitrogens with zero attached hydrogens (tertiary/aromatic N) is 1. The lowest BCUT2D eigenvalue weighted by Gasteiger charge is -2.46. The molecule has 2 aliphatic heterocycles. The van der Waals surface area contributed by atoms with Gasteiger partial charge in [0.25, 0.3) is 0 Å². The van der Waals surface area contributed by atoms with Crippen LogP contribution in [-0.2, 0) is 9.59 Å². The molecule has 3 aliphatic rings. The normalized spacial score (nSPS) is 33.9. The SMILES string of the molecule is CC(C=O)CN1CC2CC(C2)C1=O. The second kappa shape index (κ2) is 3.13. The Labute approximate surface area is 78.1 Å². The lowest BCUT2D eigenvalue weighted by Crippen LogP contribution is -2.53. The highest BCUT2D eigenvalue weighted by atomic mass is 16.2. The third-order valence-electron chi connectivity index (χ3n) is 3.12. The monoisotopic (exact) mass is 181 g/mol. The smallest absolute Gasteiger partial charge is 0.225 e. The van der Waals surface area contributed by atoms with E-state index in [-0.39, 0.29) is 17.7 Å². The van der Waals surface area contributed by atoms with Crippen molar-refractivity contribution in [3.63, 3.8) is 0 Å². The molecule has 1 aliphatic carbocycles. The Hall–Kier alpha value is -0.860. The third-order valence-corrected chi connectivity index (χ3v) is 3.12. The molecule has 0 radical (unpaired) electrons. The van der Waals surface area contributed by atoms with Gasteiger partial charge in [0, 0.05) is 24.9 Å². The van der Waals surface area contributed by atoms with Gasteiger partial charge in [0.2, 0.25) is 5.91 Å². The summed E-state index contributed by atoms with van der Waals surface area (Å²) in [5.74, 6) is 1.27. The summed E-state index contributed by atoms with van der Waals surface area (Å²) in [6, 6.07) is 0. The van der Waals surface area contributed by atoms with E-state index in [2.05, 4.69) is 0 Å². The molecule has 1 atom stereocenters. The van der Waals surface area contributed by atoms with Gasteiger partial charge in [-0.25, -0.2) is 0 Å². The fraction of sp³-hybridized carbons (Fsp3) is 0.800. The van der Waals surface area contributed by atoms with E-state index in [9.17, 15) is 9.59 Å². The maximum Gasteiger partial charge on any atom is 0.225 e. The number of carbonyl (C=O) groups excluding carboxylic acids is 2. The zero-order valence-corrected chi connectivity index (χ0v) is 7.90. The molecule has 3 nitrogen and oxygen atoms in total. The molecule has 2 heterocycles. The predicted molar refractivity (Wildman–Crippen MR) is 48.0 cm³/mol. The van der Waals surface area contributed by atoms with Crippen LogP contribution in [0, 0.1) is 17.8 Å². The van der Waals surface area contributed by atoms with E-state index in [4.69, 9.17) is 0 Å². The van der Waals surface area contributed by atoms with Crippen molar-refractivity contribution in [2.75, 3.05) is 13.1 Å². The van der Waals surface area contributed by atoms with Crippen molar-refractivity contribution in [3.05, 3.63) is 0 Å². The van der Waals surface area contributed by atoms with Gasteiger partial charge in [0.05, 0.1) is 0 Å². The van der Waals surface area contributed by atoms with Crippen molar-refractivity contribution in [1.82, 2.24) is 4.90 Å². The average molecular weight is 181 g/mol. The standard InChI is InChI=1S/C10H15NO2/c1-7(6-12)4-11-5-8-2-9(3-8)10(11)13/h6-9H,2-5H2,1H3. The summed E-state index contributed by atoms with van der Waals surface area (Å²) in [4.78, 5) is 23.9. The summed E-state index contributed by atoms with van der Waals surface area (Å²) in [5, 5.41) is 0. The van der Waals surface area contributed by atoms with Gasteiger partial charge in [-0.2, -0.15) is 0 Å². The van der Waals surface area contributed by atoms with E-state index in [1.807, 2.05) is 11.8 Å². The van der Waals surface area contributed by atoms with Crippen molar-refractivity contribution in [2.45, 2.75) is 19.8 Å². The highest BCUT2D eigenvalue weighted by Gasteiger charge is 2.43. The van der Waals surface area contributed by atoms with E-state index >= 15 is 0 Å². The van der Waals surface area contributed by atoms with Crippen molar-refractivity contribution >= 4 is 12.2 Å². The molecule has 0 aromatic rings. The number of rotatable bonds is 3. The van der Waals surface area contributed by atoms with Crippen molar-refractivity contribution in [2.24, 2.45) is 17.8 Å². The fourth-order valence-electron chi connectivity index (χ4n) is 2.30. The molecule has 2 saturated heterocycles. The molecule has 3 fully saturated rings. The number of hydrogen-bond acceptors (Lipinski definition) is 2. The molecule has 3 heteroatoms. The Kier molecular flexibility index (Phi) is 2.10. The highest BCUT2D eigenvalue weighted by molar-refractivity contribution is 5.81. The Morgan fingerprint density at radius 3 is 2.85 bits per heavy atom. The quantitative estimate of drug-likeness (QED) is 0.601. The third kappa shape index (κ3) is 1.47. The van der Waals surface area contributed by atoms with Crippen LogP contribution in [0.1, 0.15) is 19.8 Å². The van der Waals surface area contributed by atoms with Crippen LogP contribution < -0.4 is 0 Å². The molecule has 1 amide bonds. The van der Waals surface area contributed by atoms with Gasteiger partial charge in [-0.05, 0) is 18.8 Å². The fourth-order valence-corrected chi connectivity index (χ4v) is 2.30. The molecule has 13 heavy (non-hydrogen) atoms. The maximum atomic E-state index is 11.6. The van der Waals surface area contributed by atoms with E-state index in [0.29, 0.717) is 6.54 Å². The minimum atomic E-state index is -0.0125. The average Bonchev–Trinajstić information content (AvgIpc) is 2.05. The predicted octanol–water partition coefficient (Wildman–Crippen LogP) is 0.690. The van der Waals surface area contributed by atoms with Gasteiger partial charge >= 0.3 is 0 Å². The van der Waals surface area contributed by atoms with Crippen LogP contribution in [0.3, 0.4) is 0 Å². The number of piperidine rings is 2. The first kappa shape index (κ1) is 8.73. The summed E-state index contributed by atoms with van der Waals surface area (Å²) in [5.41, 5.74) is 0. The Morgan fingerprint density at radius 1 is 1.62 bits per heavy atom. The lowest BCUT2D eigenvalue weighted by atomic mass is 9.70. The van der Waals surface area contributed by atoms with E-state index in [1.54, 1.807) is 0 Å². The van der Waals surface area contributed by atoms with E-state index < -0.39 is 0 Å². The van der Waals surface area contributed by atoms with Crippen LogP contribution in [0.5, 0.6) is 0 Å². The summed E-state index contributed by atoms with van der Waals surface area (Å²) in [6.45, 7) is 3.36. The van der Waals surface area contributed by atoms with Crippen LogP contribution in [0.25, 0.3) is 0 Å². The Bertz CT molecular complexity index is 233. The molecular weight excluding hydrogens is 166 g/mol. The number of hydrogen-bond donors (Lipinski definition) is 0. The summed E-state index contributed by atoms with van der Waals surface area (Å²) in [6.07, 6.45) is 3.10. The molecule has 1 unspecified atom stereocenters. The lowest BCUT2D eigenvalue weighted by molar-refractivity contribution is -0.149. The van der Waals surface area contributed by atoms with Gasteiger partial charge in [-0.1, -0.05) is 6.92 Å². The van der Waals surface area contributed by atoms with Gasteiger partial charge in [0.15, 0.2) is 0 Å². The second-order valence-electron chi connectivity index (χ2n) is 4.39. The topological polar surface area (TPSA) is 37.4 Å². The summed E-state index contributed by atoms with van der Waals surface area (Å²) in [7, 11) is 0. The summed E-state index contributed by atoms with van der Waals surface area (Å²) >= 11 is 0. The van der Waals surface area contributed by atoms with Crippen LogP contribution >= 0.6 is 0 Å². The zero-order valence-electron chi connectivity index (χ0n) is 7.90. The molecular formula is C10H15NO2. The van der Waals surface area contributed by atoms with Crippen molar-refractivity contribution < 1.29 is 9.59 Å². The molecule has 3 rings (SSSR count). The molecule has 72 valence electrons. The minimum absolute atomic E-state index is 0.0125. The first-order chi connectivity index (χ1) is 6.20. The zero-order chi connectivity index (χ0) is 9.42. The number of carbonyl (C=O) groups is 2. The molecule has 0 N–H and O–H groups in total. The molecule has 1 saturated carbocycles. The van der Waals surface area contributed by atoms with Crippen LogP contribution in [0.4, 0.5) is 0 Å². The van der Waals surface area contributed by atoms with Crippen molar-refractivity contribution in [1.29, 1.82) is 0 Å². The number of fused-ring (bicyclic) bond motifs is 2. The van der Waals surface area contributed by atoms with Crippen LogP contribution in [0.2, 0.25) is 0 Å². The largest absolute Gasteiger partial charge is 0.341 e. The first-order valence-corrected chi connectivity index (χ1v) is 4.94. The second-order valence-corrected chi connectivity index (χ2v) is 4.39. The van der Waals surface area contributed by atoms with Gasteiger partial charge in [-0.15, -0.1) is 0 Å². The highest BCUT2D eigenvalue weighted by Crippen LogP contribution is 2.40. The van der Waals surface area contributed by atoms with Gasteiger partial charge in [-0.3, -0.25) is 4.79 Å². The minimum Gasteiger partial charge on any atom is -0.341 e. The Balaban J connectivity index is 1.93. The van der Waals surface area contributed by atoms with E-state index in [1.165, 1.54) is 0 Å². The van der Waals surface area contributed by atoms with Crippen molar-refractivity contribution in [3.8, 4) is 0 Å². The summed E-state index contributed by atoms with van der Waals surface area (Å²) < 4.78 is 0. The molecule has 0 spiro atoms.